The molecule has 0 radical (unpaired) electrons. The second kappa shape index (κ2) is 9.41. The Labute approximate surface area is 184 Å². The van der Waals surface area contributed by atoms with Crippen molar-refractivity contribution in [2.24, 2.45) is 0 Å². The van der Waals surface area contributed by atoms with Gasteiger partial charge >= 0.3 is 0 Å². The Morgan fingerprint density at radius 3 is 1.90 bits per heavy atom. The summed E-state index contributed by atoms with van der Waals surface area (Å²) in [5.41, 5.74) is 10.3. The van der Waals surface area contributed by atoms with Gasteiger partial charge in [-0.3, -0.25) is 0 Å². The predicted octanol–water partition coefficient (Wildman–Crippen LogP) is 5.77. The summed E-state index contributed by atoms with van der Waals surface area (Å²) in [6.07, 6.45) is 1.55. The van der Waals surface area contributed by atoms with Crippen LogP contribution in [0.1, 0.15) is 11.1 Å². The van der Waals surface area contributed by atoms with Crippen LogP contribution in [0.25, 0.3) is 0 Å². The zero-order chi connectivity index (χ0) is 20.8. The number of nitrogens with zero attached hydrogens (tertiary/aromatic N) is 3. The smallest absolute Gasteiger partial charge is 0.159 e. The molecule has 150 valence electrons. The molecule has 3 N–H and O–H groups in total. The standard InChI is InChI=1S/C24H22BrN5/c25-20-11-13-21(14-12-20)29-23-22(26)24(28-17-27-23)30(15-18-7-3-1-4-8-18)16-19-9-5-2-6-10-19/h1-14,17H,15-16,26H2,(H,27,28,29). The number of anilines is 4. The number of halogens is 1. The summed E-state index contributed by atoms with van der Waals surface area (Å²) in [4.78, 5) is 11.1. The lowest BCUT2D eigenvalue weighted by Gasteiger charge is -2.26. The van der Waals surface area contributed by atoms with Crippen molar-refractivity contribution in [2.45, 2.75) is 13.1 Å². The molecule has 0 spiro atoms. The number of nitrogen functional groups attached to an aromatic ring is 1. The summed E-state index contributed by atoms with van der Waals surface area (Å²) in [5.74, 6) is 1.30. The summed E-state index contributed by atoms with van der Waals surface area (Å²) in [6.45, 7) is 1.38. The van der Waals surface area contributed by atoms with E-state index >= 15 is 0 Å². The van der Waals surface area contributed by atoms with Crippen LogP contribution in [-0.2, 0) is 13.1 Å². The van der Waals surface area contributed by atoms with Crippen molar-refractivity contribution in [1.29, 1.82) is 0 Å². The Kier molecular flexibility index (Phi) is 6.25. The largest absolute Gasteiger partial charge is 0.393 e. The molecule has 1 heterocycles. The first kappa shape index (κ1) is 19.9. The van der Waals surface area contributed by atoms with Crippen molar-refractivity contribution in [2.75, 3.05) is 16.0 Å². The molecule has 0 aliphatic rings. The lowest BCUT2D eigenvalue weighted by molar-refractivity contribution is 0.782. The van der Waals surface area contributed by atoms with E-state index in [0.29, 0.717) is 30.4 Å². The molecular weight excluding hydrogens is 438 g/mol. The molecule has 4 rings (SSSR count). The highest BCUT2D eigenvalue weighted by Gasteiger charge is 2.16. The maximum absolute atomic E-state index is 6.53. The van der Waals surface area contributed by atoms with Gasteiger partial charge in [0.15, 0.2) is 11.6 Å². The third-order valence-electron chi connectivity index (χ3n) is 4.70. The van der Waals surface area contributed by atoms with Crippen LogP contribution in [0.3, 0.4) is 0 Å². The van der Waals surface area contributed by atoms with Crippen molar-refractivity contribution in [1.82, 2.24) is 9.97 Å². The Balaban J connectivity index is 1.66. The van der Waals surface area contributed by atoms with E-state index in [1.165, 1.54) is 11.1 Å². The summed E-state index contributed by atoms with van der Waals surface area (Å²) in [5, 5.41) is 3.30. The van der Waals surface area contributed by atoms with Gasteiger partial charge in [-0.25, -0.2) is 9.97 Å². The number of hydrogen-bond acceptors (Lipinski definition) is 5. The molecule has 0 saturated carbocycles. The van der Waals surface area contributed by atoms with Crippen LogP contribution in [0.15, 0.2) is 95.7 Å². The molecular formula is C24H22BrN5. The van der Waals surface area contributed by atoms with Crippen LogP contribution in [0.5, 0.6) is 0 Å². The number of nitrogens with one attached hydrogen (secondary N) is 1. The first-order chi connectivity index (χ1) is 14.7. The van der Waals surface area contributed by atoms with Gasteiger partial charge in [0.1, 0.15) is 12.0 Å². The van der Waals surface area contributed by atoms with E-state index in [0.717, 1.165) is 10.2 Å². The fourth-order valence-electron chi connectivity index (χ4n) is 3.22. The van der Waals surface area contributed by atoms with Gasteiger partial charge in [-0.2, -0.15) is 0 Å². The van der Waals surface area contributed by atoms with Crippen LogP contribution in [0.2, 0.25) is 0 Å². The molecule has 0 bridgehead atoms. The minimum atomic E-state index is 0.521. The number of rotatable bonds is 7. The van der Waals surface area contributed by atoms with E-state index in [9.17, 15) is 0 Å². The van der Waals surface area contributed by atoms with Crippen molar-refractivity contribution >= 4 is 38.9 Å². The quantitative estimate of drug-likeness (QED) is 0.367. The predicted molar refractivity (Wildman–Crippen MR) is 127 cm³/mol. The molecule has 5 nitrogen and oxygen atoms in total. The molecule has 0 unspecified atom stereocenters. The number of benzene rings is 3. The Morgan fingerprint density at radius 2 is 1.33 bits per heavy atom. The van der Waals surface area contributed by atoms with Gasteiger partial charge in [0.05, 0.1) is 0 Å². The first-order valence-electron chi connectivity index (χ1n) is 9.65. The van der Waals surface area contributed by atoms with Crippen LogP contribution in [0.4, 0.5) is 23.0 Å². The third-order valence-corrected chi connectivity index (χ3v) is 5.23. The van der Waals surface area contributed by atoms with Crippen molar-refractivity contribution in [3.63, 3.8) is 0 Å². The van der Waals surface area contributed by atoms with Gasteiger partial charge in [-0.1, -0.05) is 76.6 Å². The van der Waals surface area contributed by atoms with Gasteiger partial charge < -0.3 is 16.0 Å². The molecule has 6 heteroatoms. The van der Waals surface area contributed by atoms with Gasteiger partial charge in [0.25, 0.3) is 0 Å². The average molecular weight is 460 g/mol. The third kappa shape index (κ3) is 4.96. The van der Waals surface area contributed by atoms with Crippen molar-refractivity contribution < 1.29 is 0 Å². The zero-order valence-electron chi connectivity index (χ0n) is 16.4. The second-order valence-electron chi connectivity index (χ2n) is 6.92. The molecule has 0 amide bonds. The van der Waals surface area contributed by atoms with Crippen molar-refractivity contribution in [3.05, 3.63) is 107 Å². The molecule has 3 aromatic carbocycles. The van der Waals surface area contributed by atoms with E-state index in [4.69, 9.17) is 5.73 Å². The van der Waals surface area contributed by atoms with Gasteiger partial charge in [-0.05, 0) is 35.4 Å². The molecule has 0 aliphatic heterocycles. The zero-order valence-corrected chi connectivity index (χ0v) is 18.0. The van der Waals surface area contributed by atoms with E-state index < -0.39 is 0 Å². The van der Waals surface area contributed by atoms with Gasteiger partial charge in [0, 0.05) is 23.2 Å². The monoisotopic (exact) mass is 459 g/mol. The topological polar surface area (TPSA) is 67.1 Å². The summed E-state index contributed by atoms with van der Waals surface area (Å²) in [7, 11) is 0. The van der Waals surface area contributed by atoms with Crippen LogP contribution < -0.4 is 16.0 Å². The van der Waals surface area contributed by atoms with Crippen molar-refractivity contribution in [3.8, 4) is 0 Å². The van der Waals surface area contributed by atoms with Crippen LogP contribution in [-0.4, -0.2) is 9.97 Å². The number of nitrogens with two attached hydrogens (primary N) is 1. The van der Waals surface area contributed by atoms with Gasteiger partial charge in [0.2, 0.25) is 0 Å². The molecule has 0 fully saturated rings. The lowest BCUT2D eigenvalue weighted by Crippen LogP contribution is -2.24. The second-order valence-corrected chi connectivity index (χ2v) is 7.83. The fraction of sp³-hybridized carbons (Fsp3) is 0.0833. The Bertz CT molecular complexity index is 1040. The highest BCUT2D eigenvalue weighted by molar-refractivity contribution is 9.10. The van der Waals surface area contributed by atoms with E-state index in [1.54, 1.807) is 6.33 Å². The molecule has 4 aromatic rings. The number of aromatic nitrogens is 2. The first-order valence-corrected chi connectivity index (χ1v) is 10.4. The maximum atomic E-state index is 6.53. The Hall–Kier alpha value is -3.38. The molecule has 0 aliphatic carbocycles. The SMILES string of the molecule is Nc1c(Nc2ccc(Br)cc2)ncnc1N(Cc1ccccc1)Cc1ccccc1. The normalized spacial score (nSPS) is 10.6. The van der Waals surface area contributed by atoms with Crippen LogP contribution >= 0.6 is 15.9 Å². The highest BCUT2D eigenvalue weighted by atomic mass is 79.9. The highest BCUT2D eigenvalue weighted by Crippen LogP contribution is 2.30. The average Bonchev–Trinajstić information content (AvgIpc) is 2.78. The van der Waals surface area contributed by atoms with E-state index in [2.05, 4.69) is 60.4 Å². The fourth-order valence-corrected chi connectivity index (χ4v) is 3.49. The van der Waals surface area contributed by atoms with E-state index in [-0.39, 0.29) is 0 Å². The maximum Gasteiger partial charge on any atom is 0.159 e. The minimum Gasteiger partial charge on any atom is -0.393 e. The minimum absolute atomic E-state index is 0.521. The van der Waals surface area contributed by atoms with Crippen LogP contribution in [0, 0.1) is 0 Å². The number of hydrogen-bond donors (Lipinski definition) is 2. The summed E-state index contributed by atoms with van der Waals surface area (Å²) < 4.78 is 1.02. The lowest BCUT2D eigenvalue weighted by atomic mass is 10.1. The Morgan fingerprint density at radius 1 is 0.767 bits per heavy atom. The molecule has 1 aromatic heterocycles. The summed E-state index contributed by atoms with van der Waals surface area (Å²) >= 11 is 3.45. The molecule has 0 saturated heterocycles. The molecule has 30 heavy (non-hydrogen) atoms. The summed E-state index contributed by atoms with van der Waals surface area (Å²) in [6, 6.07) is 28.5. The molecule has 0 atom stereocenters. The van der Waals surface area contributed by atoms with Gasteiger partial charge in [-0.15, -0.1) is 0 Å². The van der Waals surface area contributed by atoms with E-state index in [1.807, 2.05) is 60.7 Å².